The average molecular weight is 269 g/mol. The predicted molar refractivity (Wildman–Crippen MR) is 67.8 cm³/mol. The van der Waals surface area contributed by atoms with E-state index in [2.05, 4.69) is 5.32 Å². The minimum Gasteiger partial charge on any atom is -0.448 e. The second kappa shape index (κ2) is 4.86. The fourth-order valence-electron chi connectivity index (χ4n) is 2.17. The molecule has 0 saturated carbocycles. The number of carbonyl (C=O) groups is 2. The third kappa shape index (κ3) is 2.26. The summed E-state index contributed by atoms with van der Waals surface area (Å²) in [5, 5.41) is 2.78. The number of fused-ring (bicyclic) bond motifs is 1. The maximum atomic E-state index is 11.3. The number of hydrogen-bond donors (Lipinski definition) is 1. The van der Waals surface area contributed by atoms with Crippen LogP contribution in [0.5, 0.6) is 0 Å². The number of nitrogens with zero attached hydrogens (tertiary/aromatic N) is 1. The molecule has 0 bridgehead atoms. The maximum absolute atomic E-state index is 11.3. The van der Waals surface area contributed by atoms with Gasteiger partial charge in [-0.2, -0.15) is 0 Å². The third-order valence-electron chi connectivity index (χ3n) is 3.01. The number of cyclic esters (lactones) is 1. The van der Waals surface area contributed by atoms with E-state index in [4.69, 9.17) is 4.74 Å². The van der Waals surface area contributed by atoms with Crippen LogP contribution in [0.4, 0.5) is 10.5 Å². The molecule has 0 aliphatic carbocycles. The Morgan fingerprint density at radius 2 is 2.17 bits per heavy atom. The van der Waals surface area contributed by atoms with Crippen molar-refractivity contribution >= 4 is 30.1 Å². The van der Waals surface area contributed by atoms with E-state index in [-0.39, 0.29) is 24.4 Å². The molecule has 5 nitrogen and oxygen atoms in total. The van der Waals surface area contributed by atoms with Gasteiger partial charge in [-0.3, -0.25) is 4.79 Å². The molecule has 2 aliphatic heterocycles. The van der Waals surface area contributed by atoms with E-state index in [0.717, 1.165) is 16.8 Å². The zero-order valence-corrected chi connectivity index (χ0v) is 10.5. The highest BCUT2D eigenvalue weighted by Gasteiger charge is 2.23. The van der Waals surface area contributed by atoms with Gasteiger partial charge in [0.1, 0.15) is 6.61 Å². The van der Waals surface area contributed by atoms with E-state index in [9.17, 15) is 9.59 Å². The van der Waals surface area contributed by atoms with Crippen LogP contribution in [0.2, 0.25) is 0 Å². The van der Waals surface area contributed by atoms with Gasteiger partial charge in [0.2, 0.25) is 5.91 Å². The summed E-state index contributed by atoms with van der Waals surface area (Å²) in [7, 11) is 0. The number of hydrogen-bond acceptors (Lipinski definition) is 3. The molecular formula is C12H13ClN2O3. The summed E-state index contributed by atoms with van der Waals surface area (Å²) in [4.78, 5) is 24.2. The normalized spacial score (nSPS) is 17.0. The maximum Gasteiger partial charge on any atom is 0.410 e. The lowest BCUT2D eigenvalue weighted by atomic mass is 10.1. The van der Waals surface area contributed by atoms with Crippen molar-refractivity contribution < 1.29 is 14.3 Å². The fraction of sp³-hybridized carbons (Fsp3) is 0.333. The summed E-state index contributed by atoms with van der Waals surface area (Å²) in [6.45, 7) is 1.64. The van der Waals surface area contributed by atoms with E-state index in [1.807, 2.05) is 18.2 Å². The molecule has 1 saturated heterocycles. The Morgan fingerprint density at radius 3 is 2.89 bits per heavy atom. The highest BCUT2D eigenvalue weighted by Crippen LogP contribution is 2.24. The molecule has 2 heterocycles. The summed E-state index contributed by atoms with van der Waals surface area (Å²) in [5.74, 6) is 0.0257. The highest BCUT2D eigenvalue weighted by molar-refractivity contribution is 5.99. The molecule has 0 unspecified atom stereocenters. The van der Waals surface area contributed by atoms with E-state index in [1.54, 1.807) is 4.90 Å². The molecule has 1 aromatic carbocycles. The Bertz CT molecular complexity index is 504. The number of halogens is 1. The van der Waals surface area contributed by atoms with Crippen molar-refractivity contribution in [3.05, 3.63) is 29.3 Å². The topological polar surface area (TPSA) is 58.6 Å². The summed E-state index contributed by atoms with van der Waals surface area (Å²) in [6, 6.07) is 5.78. The van der Waals surface area contributed by atoms with Crippen molar-refractivity contribution in [2.45, 2.75) is 13.0 Å². The third-order valence-corrected chi connectivity index (χ3v) is 3.01. The predicted octanol–water partition coefficient (Wildman–Crippen LogP) is 1.56. The lowest BCUT2D eigenvalue weighted by Gasteiger charge is -2.13. The average Bonchev–Trinajstić information content (AvgIpc) is 2.84. The van der Waals surface area contributed by atoms with Gasteiger partial charge in [0, 0.05) is 12.2 Å². The van der Waals surface area contributed by atoms with Crippen LogP contribution in [0, 0.1) is 0 Å². The van der Waals surface area contributed by atoms with Gasteiger partial charge < -0.3 is 15.0 Å². The molecule has 0 atom stereocenters. The van der Waals surface area contributed by atoms with Crippen molar-refractivity contribution in [1.29, 1.82) is 0 Å². The van der Waals surface area contributed by atoms with Gasteiger partial charge in [0.05, 0.1) is 13.0 Å². The van der Waals surface area contributed by atoms with Crippen LogP contribution in [0.15, 0.2) is 18.2 Å². The molecule has 3 rings (SSSR count). The molecule has 1 aromatic rings. The molecule has 2 amide bonds. The Morgan fingerprint density at radius 1 is 1.33 bits per heavy atom. The minimum absolute atomic E-state index is 0. The van der Waals surface area contributed by atoms with Crippen LogP contribution < -0.4 is 5.32 Å². The molecular weight excluding hydrogens is 256 g/mol. The summed E-state index contributed by atoms with van der Waals surface area (Å²) >= 11 is 0. The van der Waals surface area contributed by atoms with Gasteiger partial charge >= 0.3 is 6.09 Å². The minimum atomic E-state index is -0.264. The van der Waals surface area contributed by atoms with Crippen LogP contribution in [-0.4, -0.2) is 30.1 Å². The molecule has 0 spiro atoms. The Kier molecular flexibility index (Phi) is 3.43. The van der Waals surface area contributed by atoms with Crippen LogP contribution in [0.25, 0.3) is 0 Å². The van der Waals surface area contributed by atoms with Gasteiger partial charge in [0.25, 0.3) is 0 Å². The molecule has 0 aromatic heterocycles. The molecule has 2 aliphatic rings. The molecule has 18 heavy (non-hydrogen) atoms. The zero-order chi connectivity index (χ0) is 11.8. The first-order chi connectivity index (χ1) is 8.22. The lowest BCUT2D eigenvalue weighted by molar-refractivity contribution is -0.115. The summed E-state index contributed by atoms with van der Waals surface area (Å²) in [6.07, 6.45) is 0.160. The Labute approximate surface area is 111 Å². The number of carbonyl (C=O) groups excluding carboxylic acids is 2. The molecule has 0 radical (unpaired) electrons. The standard InChI is InChI=1S/C12H12N2O3.ClH/c15-11-6-9-5-8(1-2-10(9)13-11)7-14-3-4-17-12(14)16;/h1-2,5H,3-4,6-7H2,(H,13,15);1H. The van der Waals surface area contributed by atoms with Crippen molar-refractivity contribution in [2.24, 2.45) is 0 Å². The van der Waals surface area contributed by atoms with Gasteiger partial charge in [-0.1, -0.05) is 12.1 Å². The van der Waals surface area contributed by atoms with Crippen LogP contribution >= 0.6 is 12.4 Å². The molecule has 6 heteroatoms. The lowest BCUT2D eigenvalue weighted by Crippen LogP contribution is -2.23. The smallest absolute Gasteiger partial charge is 0.410 e. The van der Waals surface area contributed by atoms with Crippen molar-refractivity contribution in [3.63, 3.8) is 0 Å². The fourth-order valence-corrected chi connectivity index (χ4v) is 2.17. The Balaban J connectivity index is 0.00000120. The first-order valence-corrected chi connectivity index (χ1v) is 5.56. The quantitative estimate of drug-likeness (QED) is 0.885. The van der Waals surface area contributed by atoms with Crippen LogP contribution in [0.3, 0.4) is 0 Å². The summed E-state index contributed by atoms with van der Waals surface area (Å²) in [5.41, 5.74) is 2.90. The number of rotatable bonds is 2. The van der Waals surface area contributed by atoms with Gasteiger partial charge in [-0.25, -0.2) is 4.79 Å². The molecule has 1 fully saturated rings. The molecule has 96 valence electrons. The van der Waals surface area contributed by atoms with Gasteiger partial charge in [-0.15, -0.1) is 12.4 Å². The first-order valence-electron chi connectivity index (χ1n) is 5.56. The SMILES string of the molecule is Cl.O=C1Cc2cc(CN3CCOC3=O)ccc2N1. The number of nitrogens with one attached hydrogen (secondary N) is 1. The van der Waals surface area contributed by atoms with Crippen molar-refractivity contribution in [1.82, 2.24) is 4.90 Å². The number of ether oxygens (including phenoxy) is 1. The van der Waals surface area contributed by atoms with Gasteiger partial charge in [-0.05, 0) is 17.2 Å². The van der Waals surface area contributed by atoms with Crippen LogP contribution in [0.1, 0.15) is 11.1 Å². The largest absolute Gasteiger partial charge is 0.448 e. The van der Waals surface area contributed by atoms with E-state index in [0.29, 0.717) is 26.1 Å². The zero-order valence-electron chi connectivity index (χ0n) is 9.64. The van der Waals surface area contributed by atoms with E-state index >= 15 is 0 Å². The highest BCUT2D eigenvalue weighted by atomic mass is 35.5. The second-order valence-electron chi connectivity index (χ2n) is 4.25. The first kappa shape index (κ1) is 12.7. The van der Waals surface area contributed by atoms with Gasteiger partial charge in [0.15, 0.2) is 0 Å². The van der Waals surface area contributed by atoms with Crippen molar-refractivity contribution in [3.8, 4) is 0 Å². The number of anilines is 1. The summed E-state index contributed by atoms with van der Waals surface area (Å²) < 4.78 is 4.87. The van der Waals surface area contributed by atoms with Crippen LogP contribution in [-0.2, 0) is 22.5 Å². The monoisotopic (exact) mass is 268 g/mol. The Hall–Kier alpha value is -1.75. The van der Waals surface area contributed by atoms with E-state index in [1.165, 1.54) is 0 Å². The number of benzene rings is 1. The number of amides is 2. The van der Waals surface area contributed by atoms with Crippen molar-refractivity contribution in [2.75, 3.05) is 18.5 Å². The second-order valence-corrected chi connectivity index (χ2v) is 4.25. The van der Waals surface area contributed by atoms with E-state index < -0.39 is 0 Å². The molecule has 1 N–H and O–H groups in total.